The van der Waals surface area contributed by atoms with Gasteiger partial charge in [-0.2, -0.15) is 13.2 Å². The Morgan fingerprint density at radius 3 is 2.42 bits per heavy atom. The van der Waals surface area contributed by atoms with Crippen LogP contribution in [0.5, 0.6) is 5.75 Å². The van der Waals surface area contributed by atoms with E-state index in [4.69, 9.17) is 14.9 Å². The van der Waals surface area contributed by atoms with Crippen LogP contribution in [-0.2, 0) is 6.18 Å². The first-order valence-electron chi connectivity index (χ1n) is 8.41. The second kappa shape index (κ2) is 8.63. The smallest absolute Gasteiger partial charge is 0.416 e. The van der Waals surface area contributed by atoms with Crippen molar-refractivity contribution in [2.45, 2.75) is 12.3 Å². The van der Waals surface area contributed by atoms with Gasteiger partial charge in [-0.1, -0.05) is 12.1 Å². The molecule has 0 aliphatic heterocycles. The highest BCUT2D eigenvalue weighted by Gasteiger charge is 2.30. The Balaban J connectivity index is 1.77. The fraction of sp³-hybridized carbons (Fsp3) is 0.158. The number of alkyl halides is 3. The molecule has 12 heteroatoms. The lowest BCUT2D eigenvalue weighted by molar-refractivity contribution is -0.137. The van der Waals surface area contributed by atoms with Gasteiger partial charge in [0.25, 0.3) is 5.91 Å². The van der Waals surface area contributed by atoms with E-state index in [9.17, 15) is 31.9 Å². The minimum atomic E-state index is -4.50. The van der Waals surface area contributed by atoms with E-state index in [1.165, 1.54) is 12.1 Å². The molecule has 0 spiro atoms. The molecule has 0 aliphatic rings. The fourth-order valence-corrected chi connectivity index (χ4v) is 3.05. The van der Waals surface area contributed by atoms with Crippen molar-refractivity contribution in [3.8, 4) is 17.0 Å². The van der Waals surface area contributed by atoms with Crippen molar-refractivity contribution in [1.82, 2.24) is 4.98 Å². The zero-order valence-electron chi connectivity index (χ0n) is 15.2. The number of oxazole rings is 1. The molecule has 3 rings (SSSR count). The standard InChI is InChI=1S/C19H12BrF5N2O4/c20-16-15(8-1-3-9(4-2-8)19(23,24)25)27-18(31-16)11(28)7-30-12-6-5-10(21)13(14(12)22)17(26)29/h1-6,11,28H,7H2,(H2,26,29). The number of nitrogens with two attached hydrogens (primary N) is 1. The van der Waals surface area contributed by atoms with Gasteiger partial charge >= 0.3 is 6.18 Å². The highest BCUT2D eigenvalue weighted by Crippen LogP contribution is 2.34. The summed E-state index contributed by atoms with van der Waals surface area (Å²) in [5.74, 6) is -4.66. The van der Waals surface area contributed by atoms with E-state index in [-0.39, 0.29) is 21.8 Å². The summed E-state index contributed by atoms with van der Waals surface area (Å²) >= 11 is 3.06. The number of rotatable bonds is 6. The lowest BCUT2D eigenvalue weighted by Gasteiger charge is -2.11. The maximum absolute atomic E-state index is 14.2. The summed E-state index contributed by atoms with van der Waals surface area (Å²) in [5, 5.41) is 10.2. The number of aliphatic hydroxyl groups excluding tert-OH is 1. The molecule has 2 aromatic carbocycles. The van der Waals surface area contributed by atoms with Crippen molar-refractivity contribution in [3.05, 3.63) is 69.7 Å². The summed E-state index contributed by atoms with van der Waals surface area (Å²) in [7, 11) is 0. The SMILES string of the molecule is NC(=O)c1c(F)ccc(OCC(O)c2nc(-c3ccc(C(F)(F)F)cc3)c(Br)o2)c1F. The first-order chi connectivity index (χ1) is 14.5. The van der Waals surface area contributed by atoms with Gasteiger partial charge in [0.15, 0.2) is 22.3 Å². The summed E-state index contributed by atoms with van der Waals surface area (Å²) < 4.78 is 76.1. The molecular formula is C19H12BrF5N2O4. The number of benzene rings is 2. The molecule has 164 valence electrons. The summed E-state index contributed by atoms with van der Waals surface area (Å²) in [6.45, 7) is -0.597. The normalized spacial score (nSPS) is 12.6. The van der Waals surface area contributed by atoms with Gasteiger partial charge < -0.3 is 20.0 Å². The molecule has 6 nitrogen and oxygen atoms in total. The number of ether oxygens (including phenoxy) is 1. The van der Waals surface area contributed by atoms with Crippen LogP contribution in [0.1, 0.15) is 27.9 Å². The third-order valence-corrected chi connectivity index (χ3v) is 4.61. The van der Waals surface area contributed by atoms with E-state index < -0.39 is 53.3 Å². The van der Waals surface area contributed by atoms with E-state index in [1.54, 1.807) is 0 Å². The van der Waals surface area contributed by atoms with Crippen LogP contribution in [0, 0.1) is 11.6 Å². The largest absolute Gasteiger partial charge is 0.487 e. The Morgan fingerprint density at radius 2 is 1.84 bits per heavy atom. The molecule has 1 unspecified atom stereocenters. The maximum Gasteiger partial charge on any atom is 0.416 e. The van der Waals surface area contributed by atoms with Gasteiger partial charge in [0.1, 0.15) is 23.7 Å². The fourth-order valence-electron chi connectivity index (χ4n) is 2.57. The van der Waals surface area contributed by atoms with Gasteiger partial charge in [0.05, 0.1) is 5.56 Å². The van der Waals surface area contributed by atoms with Crippen molar-refractivity contribution in [1.29, 1.82) is 0 Å². The number of nitrogens with zero attached hydrogens (tertiary/aromatic N) is 1. The molecule has 3 aromatic rings. The molecule has 31 heavy (non-hydrogen) atoms. The van der Waals surface area contributed by atoms with E-state index in [1.807, 2.05) is 0 Å². The van der Waals surface area contributed by atoms with Crippen LogP contribution in [0.3, 0.4) is 0 Å². The molecule has 1 atom stereocenters. The predicted molar refractivity (Wildman–Crippen MR) is 100.0 cm³/mol. The molecule has 1 aromatic heterocycles. The Kier molecular flexibility index (Phi) is 6.32. The van der Waals surface area contributed by atoms with E-state index >= 15 is 0 Å². The van der Waals surface area contributed by atoms with Crippen molar-refractivity contribution in [2.24, 2.45) is 5.73 Å². The topological polar surface area (TPSA) is 98.6 Å². The van der Waals surface area contributed by atoms with Crippen molar-refractivity contribution < 1.29 is 41.0 Å². The molecule has 0 bridgehead atoms. The van der Waals surface area contributed by atoms with E-state index in [0.29, 0.717) is 0 Å². The van der Waals surface area contributed by atoms with Crippen molar-refractivity contribution in [3.63, 3.8) is 0 Å². The molecule has 0 saturated carbocycles. The second-order valence-corrected chi connectivity index (χ2v) is 6.90. The van der Waals surface area contributed by atoms with Crippen LogP contribution in [0.4, 0.5) is 22.0 Å². The maximum atomic E-state index is 14.2. The number of halogens is 6. The number of carbonyl (C=O) groups excluding carboxylic acids is 1. The molecule has 0 radical (unpaired) electrons. The molecule has 3 N–H and O–H groups in total. The lowest BCUT2D eigenvalue weighted by Crippen LogP contribution is -2.17. The average Bonchev–Trinajstić information content (AvgIpc) is 3.08. The van der Waals surface area contributed by atoms with Crippen molar-refractivity contribution >= 4 is 21.8 Å². The van der Waals surface area contributed by atoms with E-state index in [0.717, 1.165) is 24.3 Å². The summed E-state index contributed by atoms with van der Waals surface area (Å²) in [4.78, 5) is 15.2. The molecule has 0 saturated heterocycles. The van der Waals surface area contributed by atoms with Gasteiger partial charge in [0.2, 0.25) is 5.89 Å². The summed E-state index contributed by atoms with van der Waals surface area (Å²) in [6, 6.07) is 5.76. The van der Waals surface area contributed by atoms with Crippen LogP contribution in [0.2, 0.25) is 0 Å². The van der Waals surface area contributed by atoms with Crippen LogP contribution < -0.4 is 10.5 Å². The molecule has 0 fully saturated rings. The Hall–Kier alpha value is -2.99. The molecule has 0 aliphatic carbocycles. The van der Waals surface area contributed by atoms with Gasteiger partial charge in [-0.3, -0.25) is 4.79 Å². The minimum absolute atomic E-state index is 0.0327. The van der Waals surface area contributed by atoms with Gasteiger partial charge in [-0.15, -0.1) is 0 Å². The molecule has 1 heterocycles. The van der Waals surface area contributed by atoms with E-state index in [2.05, 4.69) is 20.9 Å². The third-order valence-electron chi connectivity index (χ3n) is 4.07. The average molecular weight is 507 g/mol. The quantitative estimate of drug-likeness (QED) is 0.475. The highest BCUT2D eigenvalue weighted by atomic mass is 79.9. The highest BCUT2D eigenvalue weighted by molar-refractivity contribution is 9.10. The van der Waals surface area contributed by atoms with Crippen molar-refractivity contribution in [2.75, 3.05) is 6.61 Å². The van der Waals surface area contributed by atoms with Crippen LogP contribution in [-0.4, -0.2) is 22.6 Å². The second-order valence-electron chi connectivity index (χ2n) is 6.18. The molecular weight excluding hydrogens is 495 g/mol. The lowest BCUT2D eigenvalue weighted by atomic mass is 10.1. The van der Waals surface area contributed by atoms with Gasteiger partial charge in [0, 0.05) is 5.56 Å². The van der Waals surface area contributed by atoms with Gasteiger partial charge in [-0.25, -0.2) is 13.8 Å². The first-order valence-corrected chi connectivity index (χ1v) is 9.21. The number of amides is 1. The zero-order chi connectivity index (χ0) is 22.9. The predicted octanol–water partition coefficient (Wildman–Crippen LogP) is 4.61. The third kappa shape index (κ3) is 4.85. The zero-order valence-corrected chi connectivity index (χ0v) is 16.8. The number of aromatic nitrogens is 1. The Morgan fingerprint density at radius 1 is 1.19 bits per heavy atom. The summed E-state index contributed by atoms with van der Waals surface area (Å²) in [6.07, 6.45) is -6.02. The Labute approximate surface area is 179 Å². The minimum Gasteiger partial charge on any atom is -0.487 e. The van der Waals surface area contributed by atoms with Crippen LogP contribution >= 0.6 is 15.9 Å². The Bertz CT molecular complexity index is 1120. The first kappa shape index (κ1) is 22.7. The monoisotopic (exact) mass is 506 g/mol. The number of primary amides is 1. The number of hydrogen-bond acceptors (Lipinski definition) is 5. The number of aliphatic hydroxyl groups is 1. The van der Waals surface area contributed by atoms with Gasteiger partial charge in [-0.05, 0) is 40.2 Å². The number of hydrogen-bond donors (Lipinski definition) is 2. The number of carbonyl (C=O) groups is 1. The molecule has 1 amide bonds. The van der Waals surface area contributed by atoms with Crippen LogP contribution in [0.15, 0.2) is 45.5 Å². The summed E-state index contributed by atoms with van der Waals surface area (Å²) in [5.41, 5.74) is 3.48. The van der Waals surface area contributed by atoms with Crippen LogP contribution in [0.25, 0.3) is 11.3 Å².